The van der Waals surface area contributed by atoms with Gasteiger partial charge >= 0.3 is 0 Å². The summed E-state index contributed by atoms with van der Waals surface area (Å²) in [6, 6.07) is 12.2. The molecule has 1 amide bonds. The van der Waals surface area contributed by atoms with E-state index in [4.69, 9.17) is 4.42 Å². The van der Waals surface area contributed by atoms with Gasteiger partial charge in [-0.15, -0.1) is 24.0 Å². The van der Waals surface area contributed by atoms with Crippen LogP contribution in [0.1, 0.15) is 29.7 Å². The molecule has 0 saturated carbocycles. The van der Waals surface area contributed by atoms with Gasteiger partial charge in [0.15, 0.2) is 5.96 Å². The highest BCUT2D eigenvalue weighted by molar-refractivity contribution is 14.0. The molecule has 0 radical (unpaired) electrons. The monoisotopic (exact) mass is 482 g/mol. The minimum atomic E-state index is 0. The van der Waals surface area contributed by atoms with Gasteiger partial charge in [-0.25, -0.2) is 0 Å². The fourth-order valence-electron chi connectivity index (χ4n) is 3.02. The van der Waals surface area contributed by atoms with Crippen LogP contribution in [0.5, 0.6) is 0 Å². The molecule has 0 atom stereocenters. The number of carbonyl (C=O) groups is 1. The van der Waals surface area contributed by atoms with E-state index < -0.39 is 0 Å². The van der Waals surface area contributed by atoms with Crippen LogP contribution in [-0.2, 0) is 24.3 Å². The zero-order valence-electron chi connectivity index (χ0n) is 15.6. The van der Waals surface area contributed by atoms with Crippen LogP contribution >= 0.6 is 24.0 Å². The molecule has 146 valence electrons. The Morgan fingerprint density at radius 3 is 2.59 bits per heavy atom. The second-order valence-corrected chi connectivity index (χ2v) is 6.42. The molecule has 6 nitrogen and oxygen atoms in total. The number of hydrogen-bond acceptors (Lipinski definition) is 3. The minimum Gasteiger partial charge on any atom is -0.469 e. The average molecular weight is 482 g/mol. The summed E-state index contributed by atoms with van der Waals surface area (Å²) in [6.07, 6.45) is 4.17. The number of hydrogen-bond donors (Lipinski definition) is 2. The van der Waals surface area contributed by atoms with E-state index in [0.717, 1.165) is 37.7 Å². The van der Waals surface area contributed by atoms with Gasteiger partial charge in [-0.2, -0.15) is 0 Å². The van der Waals surface area contributed by atoms with Crippen molar-refractivity contribution in [3.8, 4) is 0 Å². The summed E-state index contributed by atoms with van der Waals surface area (Å²) in [4.78, 5) is 17.9. The Balaban J connectivity index is 0.00000261. The average Bonchev–Trinajstić information content (AvgIpc) is 3.31. The quantitative estimate of drug-likeness (QED) is 0.362. The Morgan fingerprint density at radius 1 is 1.19 bits per heavy atom. The fourth-order valence-corrected chi connectivity index (χ4v) is 3.02. The molecule has 0 spiro atoms. The third-order valence-electron chi connectivity index (χ3n) is 4.50. The summed E-state index contributed by atoms with van der Waals surface area (Å²) < 4.78 is 5.32. The first-order valence-corrected chi connectivity index (χ1v) is 9.07. The van der Waals surface area contributed by atoms with Crippen LogP contribution < -0.4 is 10.6 Å². The highest BCUT2D eigenvalue weighted by Crippen LogP contribution is 2.14. The van der Waals surface area contributed by atoms with Crippen molar-refractivity contribution in [3.63, 3.8) is 0 Å². The number of amides is 1. The first kappa shape index (κ1) is 21.3. The molecule has 1 fully saturated rings. The molecule has 0 bridgehead atoms. The number of guanidine groups is 1. The van der Waals surface area contributed by atoms with Crippen molar-refractivity contribution in [2.24, 2.45) is 4.99 Å². The van der Waals surface area contributed by atoms with Gasteiger partial charge < -0.3 is 20.0 Å². The highest BCUT2D eigenvalue weighted by atomic mass is 127. The Bertz CT molecular complexity index is 729. The molecule has 2 N–H and O–H groups in total. The molecule has 2 aromatic rings. The van der Waals surface area contributed by atoms with Crippen molar-refractivity contribution in [1.82, 2.24) is 15.5 Å². The normalized spacial score (nSPS) is 14.2. The molecule has 27 heavy (non-hydrogen) atoms. The maximum Gasteiger partial charge on any atom is 0.222 e. The SMILES string of the molecule is CN=C(NCCc1ccco1)NCc1ccc(CN2CCCC2=O)cc1.I. The number of benzene rings is 1. The van der Waals surface area contributed by atoms with E-state index in [-0.39, 0.29) is 29.9 Å². The number of carbonyl (C=O) groups excluding carboxylic acids is 1. The van der Waals surface area contributed by atoms with E-state index in [9.17, 15) is 4.79 Å². The predicted molar refractivity (Wildman–Crippen MR) is 117 cm³/mol. The number of rotatable bonds is 7. The van der Waals surface area contributed by atoms with Crippen LogP contribution in [-0.4, -0.2) is 36.9 Å². The lowest BCUT2D eigenvalue weighted by Gasteiger charge is -2.16. The predicted octanol–water partition coefficient (Wildman–Crippen LogP) is 2.93. The maximum absolute atomic E-state index is 11.7. The number of nitrogens with zero attached hydrogens (tertiary/aromatic N) is 2. The van der Waals surface area contributed by atoms with Gasteiger partial charge in [0, 0.05) is 46.1 Å². The third kappa shape index (κ3) is 6.57. The van der Waals surface area contributed by atoms with Crippen LogP contribution in [0, 0.1) is 0 Å². The van der Waals surface area contributed by atoms with Crippen molar-refractivity contribution in [1.29, 1.82) is 0 Å². The molecule has 1 aromatic heterocycles. The maximum atomic E-state index is 11.7. The van der Waals surface area contributed by atoms with Gasteiger partial charge in [-0.1, -0.05) is 24.3 Å². The van der Waals surface area contributed by atoms with Crippen LogP contribution in [0.3, 0.4) is 0 Å². The second kappa shape index (κ2) is 11.0. The molecule has 1 saturated heterocycles. The van der Waals surface area contributed by atoms with E-state index in [2.05, 4.69) is 39.9 Å². The Labute approximate surface area is 177 Å². The number of likely N-dealkylation sites (tertiary alicyclic amines) is 1. The van der Waals surface area contributed by atoms with Crippen molar-refractivity contribution < 1.29 is 9.21 Å². The summed E-state index contributed by atoms with van der Waals surface area (Å²) >= 11 is 0. The Hall–Kier alpha value is -2.03. The van der Waals surface area contributed by atoms with Gasteiger partial charge in [0.05, 0.1) is 6.26 Å². The van der Waals surface area contributed by atoms with Crippen molar-refractivity contribution in [2.75, 3.05) is 20.1 Å². The minimum absolute atomic E-state index is 0. The van der Waals surface area contributed by atoms with Crippen LogP contribution in [0.2, 0.25) is 0 Å². The molecular formula is C20H27IN4O2. The smallest absolute Gasteiger partial charge is 0.222 e. The molecule has 1 aromatic carbocycles. The molecule has 2 heterocycles. The number of nitrogens with one attached hydrogen (secondary N) is 2. The van der Waals surface area contributed by atoms with Crippen molar-refractivity contribution in [3.05, 3.63) is 59.5 Å². The van der Waals surface area contributed by atoms with Gasteiger partial charge in [-0.3, -0.25) is 9.79 Å². The summed E-state index contributed by atoms with van der Waals surface area (Å²) in [5.41, 5.74) is 2.35. The van der Waals surface area contributed by atoms with Crippen LogP contribution in [0.4, 0.5) is 0 Å². The summed E-state index contributed by atoms with van der Waals surface area (Å²) in [5, 5.41) is 6.59. The molecule has 1 aliphatic heterocycles. The van der Waals surface area contributed by atoms with Crippen molar-refractivity contribution in [2.45, 2.75) is 32.4 Å². The molecule has 0 unspecified atom stereocenters. The molecule has 3 rings (SSSR count). The molecular weight excluding hydrogens is 455 g/mol. The van der Waals surface area contributed by atoms with E-state index >= 15 is 0 Å². The largest absolute Gasteiger partial charge is 0.469 e. The first-order chi connectivity index (χ1) is 12.7. The highest BCUT2D eigenvalue weighted by Gasteiger charge is 2.19. The number of aliphatic imine (C=N–C) groups is 1. The summed E-state index contributed by atoms with van der Waals surface area (Å²) in [6.45, 7) is 3.05. The van der Waals surface area contributed by atoms with E-state index in [1.165, 1.54) is 11.1 Å². The van der Waals surface area contributed by atoms with Gasteiger partial charge in [-0.05, 0) is 29.7 Å². The zero-order chi connectivity index (χ0) is 18.2. The molecule has 7 heteroatoms. The molecule has 1 aliphatic rings. The lowest BCUT2D eigenvalue weighted by Crippen LogP contribution is -2.37. The topological polar surface area (TPSA) is 69.9 Å². The van der Waals surface area contributed by atoms with E-state index in [1.54, 1.807) is 13.3 Å². The Morgan fingerprint density at radius 2 is 1.96 bits per heavy atom. The standard InChI is InChI=1S/C20H26N4O2.HI/c1-21-20(22-11-10-18-4-3-13-26-18)23-14-16-6-8-17(9-7-16)15-24-12-2-5-19(24)25;/h3-4,6-9,13H,2,5,10-12,14-15H2,1H3,(H2,21,22,23);1H. The van der Waals surface area contributed by atoms with Gasteiger partial charge in [0.25, 0.3) is 0 Å². The van der Waals surface area contributed by atoms with Crippen molar-refractivity contribution >= 4 is 35.8 Å². The molecule has 0 aliphatic carbocycles. The van der Waals surface area contributed by atoms with Gasteiger partial charge in [0.1, 0.15) is 5.76 Å². The lowest BCUT2D eigenvalue weighted by molar-refractivity contribution is -0.128. The van der Waals surface area contributed by atoms with Crippen LogP contribution in [0.15, 0.2) is 52.1 Å². The third-order valence-corrected chi connectivity index (χ3v) is 4.50. The summed E-state index contributed by atoms with van der Waals surface area (Å²) in [5.74, 6) is 1.99. The van der Waals surface area contributed by atoms with Crippen LogP contribution in [0.25, 0.3) is 0 Å². The number of furan rings is 1. The first-order valence-electron chi connectivity index (χ1n) is 9.07. The van der Waals surface area contributed by atoms with E-state index in [1.807, 2.05) is 17.0 Å². The van der Waals surface area contributed by atoms with E-state index in [0.29, 0.717) is 19.5 Å². The Kier molecular flexibility index (Phi) is 8.63. The number of halogens is 1. The fraction of sp³-hybridized carbons (Fsp3) is 0.400. The lowest BCUT2D eigenvalue weighted by atomic mass is 10.1. The van der Waals surface area contributed by atoms with Gasteiger partial charge in [0.2, 0.25) is 5.91 Å². The zero-order valence-corrected chi connectivity index (χ0v) is 17.9. The summed E-state index contributed by atoms with van der Waals surface area (Å²) in [7, 11) is 1.76. The second-order valence-electron chi connectivity index (χ2n) is 6.42.